The Labute approximate surface area is 125 Å². The molecule has 2 aromatic carbocycles. The van der Waals surface area contributed by atoms with Crippen molar-refractivity contribution in [1.29, 1.82) is 0 Å². The van der Waals surface area contributed by atoms with Gasteiger partial charge in [-0.2, -0.15) is 5.10 Å². The predicted octanol–water partition coefficient (Wildman–Crippen LogP) is 1.71. The Kier molecular flexibility index (Phi) is 4.94. The number of nitrogens with one attached hydrogen (secondary N) is 2. The van der Waals surface area contributed by atoms with E-state index in [0.29, 0.717) is 5.56 Å². The van der Waals surface area contributed by atoms with Gasteiger partial charge in [-0.05, 0) is 30.3 Å². The van der Waals surface area contributed by atoms with E-state index in [1.807, 2.05) is 0 Å². The highest BCUT2D eigenvalue weighted by molar-refractivity contribution is 5.95. The lowest BCUT2D eigenvalue weighted by atomic mass is 10.1. The lowest BCUT2D eigenvalue weighted by Gasteiger charge is -2.02. The fourth-order valence-corrected chi connectivity index (χ4v) is 1.65. The van der Waals surface area contributed by atoms with Gasteiger partial charge in [0.15, 0.2) is 0 Å². The van der Waals surface area contributed by atoms with Crippen LogP contribution >= 0.6 is 0 Å². The molecule has 0 atom stereocenters. The van der Waals surface area contributed by atoms with Crippen molar-refractivity contribution in [2.45, 2.75) is 0 Å². The number of carbonyl (C=O) groups excluding carboxylic acids is 2. The first-order valence-electron chi connectivity index (χ1n) is 6.24. The molecule has 0 fully saturated rings. The van der Waals surface area contributed by atoms with Gasteiger partial charge in [0.2, 0.25) is 0 Å². The highest BCUT2D eigenvalue weighted by Crippen LogP contribution is 2.08. The molecule has 0 saturated carbocycles. The van der Waals surface area contributed by atoms with E-state index in [1.54, 1.807) is 30.3 Å². The lowest BCUT2D eigenvalue weighted by Crippen LogP contribution is -2.19. The first-order valence-corrected chi connectivity index (χ1v) is 6.24. The predicted molar refractivity (Wildman–Crippen MR) is 77.2 cm³/mol. The molecule has 6 nitrogen and oxygen atoms in total. The van der Waals surface area contributed by atoms with Crippen LogP contribution in [0.25, 0.3) is 0 Å². The standard InChI is InChI=1S/C15H12FN3O3/c16-13-8-11(15(21)19-22)6-7-12(13)9-17-18-14(20)10-4-2-1-3-5-10/h1-9,22H,(H,18,20)(H,19,21)/b17-9+. The fourth-order valence-electron chi connectivity index (χ4n) is 1.65. The molecule has 22 heavy (non-hydrogen) atoms. The van der Waals surface area contributed by atoms with Gasteiger partial charge in [0.1, 0.15) is 5.82 Å². The first-order chi connectivity index (χ1) is 10.6. The van der Waals surface area contributed by atoms with Crippen LogP contribution in [0.5, 0.6) is 0 Å². The number of hydrazone groups is 1. The zero-order valence-electron chi connectivity index (χ0n) is 11.3. The van der Waals surface area contributed by atoms with Gasteiger partial charge in [-0.25, -0.2) is 15.3 Å². The monoisotopic (exact) mass is 301 g/mol. The molecule has 2 rings (SSSR count). The molecule has 0 saturated heterocycles. The van der Waals surface area contributed by atoms with Crippen molar-refractivity contribution in [2.24, 2.45) is 5.10 Å². The topological polar surface area (TPSA) is 90.8 Å². The van der Waals surface area contributed by atoms with Crippen LogP contribution < -0.4 is 10.9 Å². The smallest absolute Gasteiger partial charge is 0.274 e. The number of hydrogen-bond donors (Lipinski definition) is 3. The Morgan fingerprint density at radius 3 is 2.41 bits per heavy atom. The summed E-state index contributed by atoms with van der Waals surface area (Å²) in [5.74, 6) is -1.95. The average molecular weight is 301 g/mol. The first kappa shape index (κ1) is 15.3. The Balaban J connectivity index is 2.04. The van der Waals surface area contributed by atoms with Gasteiger partial charge in [0, 0.05) is 16.7 Å². The maximum Gasteiger partial charge on any atom is 0.274 e. The largest absolute Gasteiger partial charge is 0.288 e. The number of hydrogen-bond acceptors (Lipinski definition) is 4. The molecule has 0 unspecified atom stereocenters. The van der Waals surface area contributed by atoms with Gasteiger partial charge in [-0.3, -0.25) is 14.8 Å². The number of hydroxylamine groups is 1. The number of halogens is 1. The molecule has 0 aliphatic carbocycles. The summed E-state index contributed by atoms with van der Waals surface area (Å²) in [6.07, 6.45) is 1.12. The Bertz CT molecular complexity index is 717. The van der Waals surface area contributed by atoms with E-state index in [1.165, 1.54) is 17.6 Å². The number of nitrogens with zero attached hydrogens (tertiary/aromatic N) is 1. The van der Waals surface area contributed by atoms with E-state index in [2.05, 4.69) is 10.5 Å². The number of rotatable bonds is 4. The van der Waals surface area contributed by atoms with Crippen molar-refractivity contribution in [3.63, 3.8) is 0 Å². The van der Waals surface area contributed by atoms with Crippen LogP contribution in [0.15, 0.2) is 53.6 Å². The maximum absolute atomic E-state index is 13.7. The van der Waals surface area contributed by atoms with Gasteiger partial charge in [-0.15, -0.1) is 0 Å². The molecule has 112 valence electrons. The summed E-state index contributed by atoms with van der Waals surface area (Å²) in [5, 5.41) is 12.1. The van der Waals surface area contributed by atoms with Crippen LogP contribution in [0.1, 0.15) is 26.3 Å². The van der Waals surface area contributed by atoms with E-state index in [-0.39, 0.29) is 11.1 Å². The molecule has 0 aliphatic heterocycles. The van der Waals surface area contributed by atoms with E-state index in [9.17, 15) is 14.0 Å². The molecule has 0 spiro atoms. The molecule has 2 amide bonds. The summed E-state index contributed by atoms with van der Waals surface area (Å²) >= 11 is 0. The number of benzene rings is 2. The highest BCUT2D eigenvalue weighted by atomic mass is 19.1. The fraction of sp³-hybridized carbons (Fsp3) is 0. The zero-order chi connectivity index (χ0) is 15.9. The van der Waals surface area contributed by atoms with Gasteiger partial charge < -0.3 is 0 Å². The van der Waals surface area contributed by atoms with Gasteiger partial charge in [0.05, 0.1) is 6.21 Å². The summed E-state index contributed by atoms with van der Waals surface area (Å²) in [5.41, 5.74) is 4.15. The van der Waals surface area contributed by atoms with E-state index < -0.39 is 17.6 Å². The lowest BCUT2D eigenvalue weighted by molar-refractivity contribution is 0.0706. The second kappa shape index (κ2) is 7.09. The second-order valence-electron chi connectivity index (χ2n) is 4.24. The minimum Gasteiger partial charge on any atom is -0.288 e. The third-order valence-electron chi connectivity index (χ3n) is 2.77. The van der Waals surface area contributed by atoms with Crippen molar-refractivity contribution >= 4 is 18.0 Å². The van der Waals surface area contributed by atoms with Crippen molar-refractivity contribution in [2.75, 3.05) is 0 Å². The van der Waals surface area contributed by atoms with Crippen LogP contribution in [0.3, 0.4) is 0 Å². The number of carbonyl (C=O) groups is 2. The average Bonchev–Trinajstić information content (AvgIpc) is 2.56. The van der Waals surface area contributed by atoms with Crippen molar-refractivity contribution in [3.8, 4) is 0 Å². The molecule has 0 aliphatic rings. The van der Waals surface area contributed by atoms with E-state index in [0.717, 1.165) is 12.3 Å². The van der Waals surface area contributed by atoms with E-state index in [4.69, 9.17) is 5.21 Å². The normalized spacial score (nSPS) is 10.5. The maximum atomic E-state index is 13.7. The Morgan fingerprint density at radius 1 is 1.05 bits per heavy atom. The summed E-state index contributed by atoms with van der Waals surface area (Å²) in [6, 6.07) is 12.0. The zero-order valence-corrected chi connectivity index (χ0v) is 11.3. The summed E-state index contributed by atoms with van der Waals surface area (Å²) < 4.78 is 13.7. The molecule has 0 bridgehead atoms. The summed E-state index contributed by atoms with van der Waals surface area (Å²) in [7, 11) is 0. The SMILES string of the molecule is O=C(NO)c1ccc(/C=N/NC(=O)c2ccccc2)c(F)c1. The molecule has 0 aromatic heterocycles. The quantitative estimate of drug-likeness (QED) is 0.456. The summed E-state index contributed by atoms with van der Waals surface area (Å²) in [4.78, 5) is 22.8. The highest BCUT2D eigenvalue weighted by Gasteiger charge is 2.08. The molecule has 0 heterocycles. The third-order valence-corrected chi connectivity index (χ3v) is 2.77. The summed E-state index contributed by atoms with van der Waals surface area (Å²) in [6.45, 7) is 0. The Morgan fingerprint density at radius 2 is 1.77 bits per heavy atom. The van der Waals surface area contributed by atoms with Crippen LogP contribution in [0.4, 0.5) is 4.39 Å². The van der Waals surface area contributed by atoms with Crippen LogP contribution in [-0.4, -0.2) is 23.2 Å². The molecule has 0 radical (unpaired) electrons. The minimum atomic E-state index is -0.820. The van der Waals surface area contributed by atoms with E-state index >= 15 is 0 Å². The van der Waals surface area contributed by atoms with Crippen molar-refractivity contribution in [3.05, 3.63) is 71.0 Å². The minimum absolute atomic E-state index is 0.0366. The van der Waals surface area contributed by atoms with Gasteiger partial charge >= 0.3 is 0 Å². The van der Waals surface area contributed by atoms with Crippen LogP contribution in [-0.2, 0) is 0 Å². The third kappa shape index (κ3) is 3.74. The number of amides is 2. The molecular formula is C15H12FN3O3. The molecule has 3 N–H and O–H groups in total. The van der Waals surface area contributed by atoms with Crippen LogP contribution in [0.2, 0.25) is 0 Å². The molecule has 2 aromatic rings. The Hall–Kier alpha value is -3.06. The van der Waals surface area contributed by atoms with Crippen molar-refractivity contribution in [1.82, 2.24) is 10.9 Å². The van der Waals surface area contributed by atoms with Gasteiger partial charge in [0.25, 0.3) is 11.8 Å². The molecular weight excluding hydrogens is 289 g/mol. The van der Waals surface area contributed by atoms with Crippen LogP contribution in [0, 0.1) is 5.82 Å². The van der Waals surface area contributed by atoms with Crippen molar-refractivity contribution < 1.29 is 19.2 Å². The molecule has 7 heteroatoms. The van der Waals surface area contributed by atoms with Gasteiger partial charge in [-0.1, -0.05) is 18.2 Å². The second-order valence-corrected chi connectivity index (χ2v) is 4.24.